The van der Waals surface area contributed by atoms with Gasteiger partial charge in [0.05, 0.1) is 0 Å². The van der Waals surface area contributed by atoms with Crippen LogP contribution in [0.5, 0.6) is 0 Å². The van der Waals surface area contributed by atoms with Gasteiger partial charge in [-0.1, -0.05) is 39.8 Å². The second kappa shape index (κ2) is 6.24. The highest BCUT2D eigenvalue weighted by Gasteiger charge is 2.13. The molecular weight excluding hydrogens is 220 g/mol. The maximum absolute atomic E-state index is 5.98. The molecule has 0 amide bonds. The Hall–Kier alpha value is -1.02. The van der Waals surface area contributed by atoms with Crippen LogP contribution in [0, 0.1) is 5.41 Å². The maximum Gasteiger partial charge on any atom is 0.0363 e. The Morgan fingerprint density at radius 3 is 2.17 bits per heavy atom. The van der Waals surface area contributed by atoms with E-state index in [1.807, 2.05) is 0 Å². The normalized spacial score (nSPS) is 13.4. The first-order valence-corrected chi connectivity index (χ1v) is 6.87. The van der Waals surface area contributed by atoms with Gasteiger partial charge in [-0.3, -0.25) is 0 Å². The number of rotatable bonds is 5. The zero-order valence-electron chi connectivity index (χ0n) is 12.5. The monoisotopic (exact) mass is 248 g/mol. The summed E-state index contributed by atoms with van der Waals surface area (Å²) >= 11 is 0. The Morgan fingerprint density at radius 2 is 1.72 bits per heavy atom. The Kier molecular flexibility index (Phi) is 5.21. The van der Waals surface area contributed by atoms with Crippen LogP contribution in [0.2, 0.25) is 0 Å². The van der Waals surface area contributed by atoms with Gasteiger partial charge in [0.25, 0.3) is 0 Å². The van der Waals surface area contributed by atoms with E-state index in [4.69, 9.17) is 5.73 Å². The minimum absolute atomic E-state index is 0.281. The maximum atomic E-state index is 5.98. The first-order chi connectivity index (χ1) is 8.31. The number of benzene rings is 1. The quantitative estimate of drug-likeness (QED) is 0.865. The van der Waals surface area contributed by atoms with Crippen molar-refractivity contribution in [2.24, 2.45) is 11.1 Å². The van der Waals surface area contributed by atoms with E-state index in [2.05, 4.69) is 63.9 Å². The molecule has 0 radical (unpaired) electrons. The third-order valence-electron chi connectivity index (χ3n) is 3.11. The van der Waals surface area contributed by atoms with Crippen molar-refractivity contribution < 1.29 is 0 Å². The summed E-state index contributed by atoms with van der Waals surface area (Å²) in [4.78, 5) is 2.31. The van der Waals surface area contributed by atoms with Gasteiger partial charge in [0.2, 0.25) is 0 Å². The summed E-state index contributed by atoms with van der Waals surface area (Å²) in [5.74, 6) is 0. The summed E-state index contributed by atoms with van der Waals surface area (Å²) in [6, 6.07) is 9.07. The fourth-order valence-corrected chi connectivity index (χ4v) is 2.14. The highest BCUT2D eigenvalue weighted by atomic mass is 15.1. The third-order valence-corrected chi connectivity index (χ3v) is 3.11. The van der Waals surface area contributed by atoms with Gasteiger partial charge in [0, 0.05) is 25.3 Å². The molecule has 0 spiro atoms. The molecule has 1 aromatic rings. The lowest BCUT2D eigenvalue weighted by Crippen LogP contribution is -2.29. The lowest BCUT2D eigenvalue weighted by atomic mass is 9.96. The molecule has 0 saturated heterocycles. The summed E-state index contributed by atoms with van der Waals surface area (Å²) in [7, 11) is 2.15. The van der Waals surface area contributed by atoms with Crippen molar-refractivity contribution in [3.05, 3.63) is 29.8 Å². The Bertz CT molecular complexity index is 348. The van der Waals surface area contributed by atoms with E-state index in [1.54, 1.807) is 0 Å². The molecule has 0 heterocycles. The second-order valence-corrected chi connectivity index (χ2v) is 6.46. The predicted molar refractivity (Wildman–Crippen MR) is 81.1 cm³/mol. The van der Waals surface area contributed by atoms with Gasteiger partial charge in [-0.2, -0.15) is 0 Å². The molecule has 0 aliphatic rings. The second-order valence-electron chi connectivity index (χ2n) is 6.46. The van der Waals surface area contributed by atoms with Crippen molar-refractivity contribution >= 4 is 5.69 Å². The van der Waals surface area contributed by atoms with E-state index in [1.165, 1.54) is 11.3 Å². The minimum Gasteiger partial charge on any atom is -0.374 e. The molecule has 1 aromatic carbocycles. The topological polar surface area (TPSA) is 29.3 Å². The average molecular weight is 248 g/mol. The molecule has 0 saturated carbocycles. The molecular formula is C16H28N2. The van der Waals surface area contributed by atoms with Crippen LogP contribution in [0.15, 0.2) is 24.3 Å². The molecule has 1 atom stereocenters. The minimum atomic E-state index is 0.281. The Balaban J connectivity index is 2.65. The lowest BCUT2D eigenvalue weighted by molar-refractivity contribution is 0.419. The summed E-state index contributed by atoms with van der Waals surface area (Å²) in [5.41, 5.74) is 8.90. The zero-order valence-corrected chi connectivity index (χ0v) is 12.5. The number of nitrogens with zero attached hydrogens (tertiary/aromatic N) is 1. The predicted octanol–water partition coefficient (Wildman–Crippen LogP) is 3.45. The number of anilines is 1. The molecule has 2 nitrogen and oxygen atoms in total. The molecule has 2 N–H and O–H groups in total. The van der Waals surface area contributed by atoms with Gasteiger partial charge in [0.15, 0.2) is 0 Å². The van der Waals surface area contributed by atoms with Gasteiger partial charge in [-0.25, -0.2) is 0 Å². The van der Waals surface area contributed by atoms with Crippen LogP contribution in [0.3, 0.4) is 0 Å². The highest BCUT2D eigenvalue weighted by molar-refractivity contribution is 5.47. The first kappa shape index (κ1) is 15.0. The highest BCUT2D eigenvalue weighted by Crippen LogP contribution is 2.20. The van der Waals surface area contributed by atoms with Gasteiger partial charge >= 0.3 is 0 Å². The summed E-state index contributed by atoms with van der Waals surface area (Å²) in [5, 5.41) is 0. The molecule has 18 heavy (non-hydrogen) atoms. The van der Waals surface area contributed by atoms with Gasteiger partial charge < -0.3 is 10.6 Å². The standard InChI is InChI=1S/C16H28N2/c1-6-14(17)11-13-7-9-15(10-8-13)18(5)12-16(2,3)4/h7-10,14H,6,11-12,17H2,1-5H3. The molecule has 0 fully saturated rings. The smallest absolute Gasteiger partial charge is 0.0363 e. The van der Waals surface area contributed by atoms with Crippen LogP contribution in [0.4, 0.5) is 5.69 Å². The molecule has 0 aliphatic heterocycles. The fourth-order valence-electron chi connectivity index (χ4n) is 2.14. The van der Waals surface area contributed by atoms with E-state index in [0.29, 0.717) is 5.41 Å². The van der Waals surface area contributed by atoms with Gasteiger partial charge in [-0.05, 0) is 36.0 Å². The van der Waals surface area contributed by atoms with Gasteiger partial charge in [-0.15, -0.1) is 0 Å². The largest absolute Gasteiger partial charge is 0.374 e. The lowest BCUT2D eigenvalue weighted by Gasteiger charge is -2.28. The van der Waals surface area contributed by atoms with E-state index in [-0.39, 0.29) is 6.04 Å². The van der Waals surface area contributed by atoms with E-state index in [0.717, 1.165) is 19.4 Å². The Labute approximate surface area is 112 Å². The van der Waals surface area contributed by atoms with Crippen LogP contribution in [-0.4, -0.2) is 19.6 Å². The van der Waals surface area contributed by atoms with Crippen molar-refractivity contribution in [2.45, 2.75) is 46.6 Å². The Morgan fingerprint density at radius 1 is 1.17 bits per heavy atom. The van der Waals surface area contributed by atoms with Crippen LogP contribution in [0.25, 0.3) is 0 Å². The van der Waals surface area contributed by atoms with Crippen LogP contribution < -0.4 is 10.6 Å². The molecule has 0 bridgehead atoms. The third kappa shape index (κ3) is 5.09. The van der Waals surface area contributed by atoms with Crippen molar-refractivity contribution in [3.63, 3.8) is 0 Å². The number of hydrogen-bond acceptors (Lipinski definition) is 2. The van der Waals surface area contributed by atoms with Crippen molar-refractivity contribution in [2.75, 3.05) is 18.5 Å². The summed E-state index contributed by atoms with van der Waals surface area (Å²) in [6.45, 7) is 9.98. The molecule has 1 unspecified atom stereocenters. The van der Waals surface area contributed by atoms with Crippen LogP contribution in [-0.2, 0) is 6.42 Å². The zero-order chi connectivity index (χ0) is 13.8. The summed E-state index contributed by atoms with van der Waals surface area (Å²) < 4.78 is 0. The van der Waals surface area contributed by atoms with Crippen LogP contribution >= 0.6 is 0 Å². The average Bonchev–Trinajstić information content (AvgIpc) is 2.27. The van der Waals surface area contributed by atoms with E-state index < -0.39 is 0 Å². The van der Waals surface area contributed by atoms with Crippen molar-refractivity contribution in [1.82, 2.24) is 0 Å². The molecule has 102 valence electrons. The van der Waals surface area contributed by atoms with Gasteiger partial charge in [0.1, 0.15) is 0 Å². The molecule has 1 rings (SSSR count). The number of nitrogens with two attached hydrogens (primary N) is 1. The SMILES string of the molecule is CCC(N)Cc1ccc(N(C)CC(C)(C)C)cc1. The fraction of sp³-hybridized carbons (Fsp3) is 0.625. The summed E-state index contributed by atoms with van der Waals surface area (Å²) in [6.07, 6.45) is 2.01. The molecule has 0 aliphatic carbocycles. The van der Waals surface area contributed by atoms with Crippen molar-refractivity contribution in [3.8, 4) is 0 Å². The molecule has 0 aromatic heterocycles. The van der Waals surface area contributed by atoms with E-state index >= 15 is 0 Å². The van der Waals surface area contributed by atoms with Crippen LogP contribution in [0.1, 0.15) is 39.7 Å². The number of hydrogen-bond donors (Lipinski definition) is 1. The van der Waals surface area contributed by atoms with E-state index in [9.17, 15) is 0 Å². The first-order valence-electron chi connectivity index (χ1n) is 6.87. The molecule has 2 heteroatoms. The van der Waals surface area contributed by atoms with Crippen molar-refractivity contribution in [1.29, 1.82) is 0 Å².